The van der Waals surface area contributed by atoms with Crippen LogP contribution in [0.1, 0.15) is 36.2 Å². The van der Waals surface area contributed by atoms with Crippen LogP contribution in [0.15, 0.2) is 28.7 Å². The van der Waals surface area contributed by atoms with Gasteiger partial charge in [0.1, 0.15) is 0 Å². The average molecular weight is 264 g/mol. The molecule has 1 aliphatic heterocycles. The van der Waals surface area contributed by atoms with E-state index in [-0.39, 0.29) is 6.04 Å². The molecule has 0 saturated carbocycles. The second-order valence-corrected chi connectivity index (χ2v) is 4.92. The highest BCUT2D eigenvalue weighted by Crippen LogP contribution is 2.22. The molecule has 3 rings (SSSR count). The summed E-state index contributed by atoms with van der Waals surface area (Å²) in [5.74, 6) is 1.36. The van der Waals surface area contributed by atoms with Gasteiger partial charge < -0.3 is 9.73 Å². The first-order chi connectivity index (χ1) is 8.81. The molecule has 1 aromatic carbocycles. The Morgan fingerprint density at radius 1 is 1.28 bits per heavy atom. The average Bonchev–Trinajstić information content (AvgIpc) is 3.02. The van der Waals surface area contributed by atoms with E-state index in [4.69, 9.17) is 16.0 Å². The number of nitrogens with zero attached hydrogens (tertiary/aromatic N) is 2. The lowest BCUT2D eigenvalue weighted by Gasteiger charge is -2.02. The van der Waals surface area contributed by atoms with E-state index < -0.39 is 0 Å². The van der Waals surface area contributed by atoms with Crippen molar-refractivity contribution in [2.75, 3.05) is 6.54 Å². The van der Waals surface area contributed by atoms with Crippen LogP contribution < -0.4 is 5.32 Å². The van der Waals surface area contributed by atoms with Gasteiger partial charge >= 0.3 is 0 Å². The second-order valence-electron chi connectivity index (χ2n) is 4.49. The first-order valence-electron chi connectivity index (χ1n) is 6.11. The molecule has 0 spiro atoms. The summed E-state index contributed by atoms with van der Waals surface area (Å²) in [6.07, 6.45) is 2.89. The predicted octanol–water partition coefficient (Wildman–Crippen LogP) is 2.74. The topological polar surface area (TPSA) is 51.0 Å². The largest absolute Gasteiger partial charge is 0.423 e. The van der Waals surface area contributed by atoms with Gasteiger partial charge in [0.25, 0.3) is 0 Å². The van der Waals surface area contributed by atoms with Gasteiger partial charge in [-0.25, -0.2) is 0 Å². The van der Waals surface area contributed by atoms with Crippen LogP contribution >= 0.6 is 11.6 Å². The maximum absolute atomic E-state index is 5.85. The van der Waals surface area contributed by atoms with E-state index in [1.165, 1.54) is 6.42 Å². The highest BCUT2D eigenvalue weighted by atomic mass is 35.5. The maximum Gasteiger partial charge on any atom is 0.233 e. The van der Waals surface area contributed by atoms with E-state index >= 15 is 0 Å². The number of hydrogen-bond donors (Lipinski definition) is 1. The summed E-state index contributed by atoms with van der Waals surface area (Å²) >= 11 is 5.85. The standard InChI is InChI=1S/C13H14ClN3O/c14-10-5-3-9(4-6-10)8-12-16-17-13(18-12)11-2-1-7-15-11/h3-6,11,15H,1-2,7-8H2. The van der Waals surface area contributed by atoms with Crippen LogP contribution in [0.4, 0.5) is 0 Å². The summed E-state index contributed by atoms with van der Waals surface area (Å²) in [5.41, 5.74) is 1.12. The molecule has 1 N–H and O–H groups in total. The van der Waals surface area contributed by atoms with Crippen molar-refractivity contribution in [3.8, 4) is 0 Å². The fourth-order valence-electron chi connectivity index (χ4n) is 2.15. The first kappa shape index (κ1) is 11.7. The zero-order chi connectivity index (χ0) is 12.4. The number of rotatable bonds is 3. The minimum absolute atomic E-state index is 0.233. The molecule has 0 radical (unpaired) electrons. The van der Waals surface area contributed by atoms with E-state index in [0.717, 1.165) is 23.6 Å². The molecule has 2 aromatic rings. The van der Waals surface area contributed by atoms with Gasteiger partial charge in [-0.3, -0.25) is 0 Å². The summed E-state index contributed by atoms with van der Waals surface area (Å²) in [4.78, 5) is 0. The third-order valence-corrected chi connectivity index (χ3v) is 3.36. The molecule has 0 bridgehead atoms. The molecule has 1 atom stereocenters. The van der Waals surface area contributed by atoms with Crippen LogP contribution in [-0.4, -0.2) is 16.7 Å². The van der Waals surface area contributed by atoms with Gasteiger partial charge in [0.2, 0.25) is 11.8 Å². The quantitative estimate of drug-likeness (QED) is 0.925. The summed E-state index contributed by atoms with van der Waals surface area (Å²) in [6, 6.07) is 7.91. The molecule has 1 aromatic heterocycles. The summed E-state index contributed by atoms with van der Waals surface area (Å²) in [5, 5.41) is 12.3. The maximum atomic E-state index is 5.85. The molecule has 2 heterocycles. The summed E-state index contributed by atoms with van der Waals surface area (Å²) < 4.78 is 5.68. The molecule has 1 aliphatic rings. The summed E-state index contributed by atoms with van der Waals surface area (Å²) in [7, 11) is 0. The number of nitrogens with one attached hydrogen (secondary N) is 1. The van der Waals surface area contributed by atoms with Crippen molar-refractivity contribution in [2.45, 2.75) is 25.3 Å². The number of halogens is 1. The van der Waals surface area contributed by atoms with Crippen LogP contribution in [0.5, 0.6) is 0 Å². The van der Waals surface area contributed by atoms with Crippen molar-refractivity contribution in [2.24, 2.45) is 0 Å². The van der Waals surface area contributed by atoms with Gasteiger partial charge in [0.05, 0.1) is 12.5 Å². The molecule has 1 fully saturated rings. The Morgan fingerprint density at radius 2 is 2.11 bits per heavy atom. The monoisotopic (exact) mass is 263 g/mol. The minimum Gasteiger partial charge on any atom is -0.423 e. The Bertz CT molecular complexity index is 517. The van der Waals surface area contributed by atoms with Crippen molar-refractivity contribution < 1.29 is 4.42 Å². The second kappa shape index (κ2) is 5.08. The van der Waals surface area contributed by atoms with Crippen molar-refractivity contribution in [1.29, 1.82) is 0 Å². The highest BCUT2D eigenvalue weighted by molar-refractivity contribution is 6.30. The highest BCUT2D eigenvalue weighted by Gasteiger charge is 2.21. The molecule has 1 unspecified atom stereocenters. The van der Waals surface area contributed by atoms with Crippen LogP contribution in [-0.2, 0) is 6.42 Å². The fourth-order valence-corrected chi connectivity index (χ4v) is 2.28. The lowest BCUT2D eigenvalue weighted by atomic mass is 10.1. The van der Waals surface area contributed by atoms with E-state index in [1.54, 1.807) is 0 Å². The zero-order valence-corrected chi connectivity index (χ0v) is 10.7. The van der Waals surface area contributed by atoms with Gasteiger partial charge in [-0.2, -0.15) is 0 Å². The Labute approximate surface area is 110 Å². The Hall–Kier alpha value is -1.39. The van der Waals surface area contributed by atoms with E-state index in [0.29, 0.717) is 18.2 Å². The van der Waals surface area contributed by atoms with Crippen LogP contribution in [0.25, 0.3) is 0 Å². The molecular weight excluding hydrogens is 250 g/mol. The predicted molar refractivity (Wildman–Crippen MR) is 68.5 cm³/mol. The van der Waals surface area contributed by atoms with Gasteiger partial charge in [-0.1, -0.05) is 23.7 Å². The fraction of sp³-hybridized carbons (Fsp3) is 0.385. The molecule has 5 heteroatoms. The third kappa shape index (κ3) is 2.54. The minimum atomic E-state index is 0.233. The molecular formula is C13H14ClN3O. The lowest BCUT2D eigenvalue weighted by molar-refractivity contribution is 0.407. The van der Waals surface area contributed by atoms with Crippen LogP contribution in [0.2, 0.25) is 5.02 Å². The Morgan fingerprint density at radius 3 is 2.83 bits per heavy atom. The number of aromatic nitrogens is 2. The molecule has 4 nitrogen and oxygen atoms in total. The Balaban J connectivity index is 1.71. The van der Waals surface area contributed by atoms with Gasteiger partial charge in [-0.15, -0.1) is 10.2 Å². The lowest BCUT2D eigenvalue weighted by Crippen LogP contribution is -2.12. The van der Waals surface area contributed by atoms with Crippen molar-refractivity contribution >= 4 is 11.6 Å². The molecule has 94 valence electrons. The molecule has 0 aliphatic carbocycles. The SMILES string of the molecule is Clc1ccc(Cc2nnc(C3CCCN3)o2)cc1. The smallest absolute Gasteiger partial charge is 0.233 e. The number of hydrogen-bond acceptors (Lipinski definition) is 4. The summed E-state index contributed by atoms with van der Waals surface area (Å²) in [6.45, 7) is 1.03. The number of benzene rings is 1. The van der Waals surface area contributed by atoms with Crippen molar-refractivity contribution in [3.63, 3.8) is 0 Å². The van der Waals surface area contributed by atoms with Crippen LogP contribution in [0.3, 0.4) is 0 Å². The first-order valence-corrected chi connectivity index (χ1v) is 6.49. The van der Waals surface area contributed by atoms with E-state index in [2.05, 4.69) is 15.5 Å². The van der Waals surface area contributed by atoms with Crippen molar-refractivity contribution in [1.82, 2.24) is 15.5 Å². The zero-order valence-electron chi connectivity index (χ0n) is 9.90. The normalized spacial score (nSPS) is 19.3. The van der Waals surface area contributed by atoms with E-state index in [1.807, 2.05) is 24.3 Å². The molecule has 0 amide bonds. The molecule has 18 heavy (non-hydrogen) atoms. The van der Waals surface area contributed by atoms with Gasteiger partial charge in [0.15, 0.2) is 0 Å². The Kier molecular flexibility index (Phi) is 3.30. The van der Waals surface area contributed by atoms with Gasteiger partial charge in [-0.05, 0) is 37.1 Å². The van der Waals surface area contributed by atoms with Gasteiger partial charge in [0, 0.05) is 5.02 Å². The van der Waals surface area contributed by atoms with Crippen molar-refractivity contribution in [3.05, 3.63) is 46.6 Å². The van der Waals surface area contributed by atoms with E-state index in [9.17, 15) is 0 Å². The molecule has 1 saturated heterocycles. The van der Waals surface area contributed by atoms with Crippen LogP contribution in [0, 0.1) is 0 Å². The third-order valence-electron chi connectivity index (χ3n) is 3.11.